The zero-order valence-corrected chi connectivity index (χ0v) is 13.0. The lowest BCUT2D eigenvalue weighted by molar-refractivity contribution is 0.136. The Bertz CT molecular complexity index is 274. The van der Waals surface area contributed by atoms with Crippen molar-refractivity contribution in [2.75, 3.05) is 13.1 Å². The number of hydrogen-bond acceptors (Lipinski definition) is 2. The fourth-order valence-electron chi connectivity index (χ4n) is 4.23. The van der Waals surface area contributed by atoms with Gasteiger partial charge in [0.15, 0.2) is 0 Å². The van der Waals surface area contributed by atoms with Crippen molar-refractivity contribution >= 4 is 0 Å². The van der Waals surface area contributed by atoms with E-state index in [1.54, 1.807) is 0 Å². The first-order chi connectivity index (χ1) is 8.45. The second-order valence-electron chi connectivity index (χ2n) is 7.41. The summed E-state index contributed by atoms with van der Waals surface area (Å²) in [7, 11) is 0. The SMILES string of the molecule is CCCNC1C(N2CC(C)CC2C)CCC1(C)C. The Morgan fingerprint density at radius 1 is 1.28 bits per heavy atom. The molecular formula is C16H32N2. The molecule has 0 amide bonds. The van der Waals surface area contributed by atoms with Crippen LogP contribution in [0.1, 0.15) is 60.3 Å². The Labute approximate surface area is 114 Å². The van der Waals surface area contributed by atoms with Crippen LogP contribution in [0.3, 0.4) is 0 Å². The maximum atomic E-state index is 3.84. The third kappa shape index (κ3) is 2.75. The van der Waals surface area contributed by atoms with Crippen LogP contribution in [-0.2, 0) is 0 Å². The Hall–Kier alpha value is -0.0800. The van der Waals surface area contributed by atoms with Gasteiger partial charge in [0.2, 0.25) is 0 Å². The van der Waals surface area contributed by atoms with Gasteiger partial charge < -0.3 is 5.32 Å². The van der Waals surface area contributed by atoms with Crippen LogP contribution in [0.4, 0.5) is 0 Å². The van der Waals surface area contributed by atoms with E-state index in [1.807, 2.05) is 0 Å². The minimum absolute atomic E-state index is 0.464. The lowest BCUT2D eigenvalue weighted by Gasteiger charge is -2.38. The van der Waals surface area contributed by atoms with Crippen LogP contribution < -0.4 is 5.32 Å². The van der Waals surface area contributed by atoms with Crippen LogP contribution >= 0.6 is 0 Å². The minimum atomic E-state index is 0.464. The average molecular weight is 252 g/mol. The van der Waals surface area contributed by atoms with Crippen LogP contribution in [0.15, 0.2) is 0 Å². The molecule has 106 valence electrons. The highest BCUT2D eigenvalue weighted by Gasteiger charge is 2.46. The fraction of sp³-hybridized carbons (Fsp3) is 1.00. The number of hydrogen-bond donors (Lipinski definition) is 1. The van der Waals surface area contributed by atoms with E-state index in [1.165, 1.54) is 38.8 Å². The molecule has 2 heteroatoms. The molecule has 2 nitrogen and oxygen atoms in total. The Balaban J connectivity index is 2.06. The molecule has 4 atom stereocenters. The smallest absolute Gasteiger partial charge is 0.0274 e. The molecule has 4 unspecified atom stereocenters. The van der Waals surface area contributed by atoms with Crippen LogP contribution in [0.5, 0.6) is 0 Å². The van der Waals surface area contributed by atoms with Gasteiger partial charge in [-0.3, -0.25) is 4.90 Å². The van der Waals surface area contributed by atoms with Gasteiger partial charge in [-0.05, 0) is 50.5 Å². The molecule has 0 radical (unpaired) electrons. The molecule has 0 aromatic rings. The van der Waals surface area contributed by atoms with Crippen LogP contribution in [0, 0.1) is 11.3 Å². The van der Waals surface area contributed by atoms with Crippen molar-refractivity contribution in [2.24, 2.45) is 11.3 Å². The van der Waals surface area contributed by atoms with Gasteiger partial charge >= 0.3 is 0 Å². The van der Waals surface area contributed by atoms with Gasteiger partial charge in [-0.15, -0.1) is 0 Å². The van der Waals surface area contributed by atoms with Crippen LogP contribution in [0.2, 0.25) is 0 Å². The van der Waals surface area contributed by atoms with E-state index in [0.29, 0.717) is 11.5 Å². The molecule has 1 heterocycles. The standard InChI is InChI=1S/C16H32N2/c1-6-9-17-15-14(7-8-16(15,4)5)18-11-12(2)10-13(18)3/h12-15,17H,6-11H2,1-5H3. The highest BCUT2D eigenvalue weighted by Crippen LogP contribution is 2.42. The minimum Gasteiger partial charge on any atom is -0.312 e. The van der Waals surface area contributed by atoms with E-state index >= 15 is 0 Å². The van der Waals surface area contributed by atoms with Gasteiger partial charge in [0, 0.05) is 24.7 Å². The molecule has 2 fully saturated rings. The van der Waals surface area contributed by atoms with Gasteiger partial charge in [-0.25, -0.2) is 0 Å². The number of likely N-dealkylation sites (tertiary alicyclic amines) is 1. The molecule has 0 spiro atoms. The Morgan fingerprint density at radius 2 is 2.00 bits per heavy atom. The summed E-state index contributed by atoms with van der Waals surface area (Å²) in [5.74, 6) is 0.885. The fourth-order valence-corrected chi connectivity index (χ4v) is 4.23. The second kappa shape index (κ2) is 5.50. The Morgan fingerprint density at radius 3 is 2.56 bits per heavy atom. The van der Waals surface area contributed by atoms with Crippen molar-refractivity contribution in [3.05, 3.63) is 0 Å². The van der Waals surface area contributed by atoms with Crippen molar-refractivity contribution < 1.29 is 0 Å². The summed E-state index contributed by atoms with van der Waals surface area (Å²) >= 11 is 0. The zero-order chi connectivity index (χ0) is 13.3. The molecule has 18 heavy (non-hydrogen) atoms. The van der Waals surface area contributed by atoms with Gasteiger partial charge in [-0.1, -0.05) is 27.7 Å². The highest BCUT2D eigenvalue weighted by molar-refractivity contribution is 5.03. The van der Waals surface area contributed by atoms with E-state index in [4.69, 9.17) is 0 Å². The third-order valence-corrected chi connectivity index (χ3v) is 5.18. The predicted molar refractivity (Wildman–Crippen MR) is 78.8 cm³/mol. The summed E-state index contributed by atoms with van der Waals surface area (Å²) in [6, 6.07) is 2.24. The predicted octanol–water partition coefficient (Wildman–Crippen LogP) is 3.27. The van der Waals surface area contributed by atoms with Crippen molar-refractivity contribution in [1.82, 2.24) is 10.2 Å². The summed E-state index contributed by atoms with van der Waals surface area (Å²) in [4.78, 5) is 2.80. The molecule has 1 saturated carbocycles. The van der Waals surface area contributed by atoms with E-state index in [2.05, 4.69) is 44.8 Å². The van der Waals surface area contributed by atoms with Gasteiger partial charge in [0.1, 0.15) is 0 Å². The lowest BCUT2D eigenvalue weighted by atomic mass is 9.86. The molecule has 0 aromatic carbocycles. The van der Waals surface area contributed by atoms with Crippen molar-refractivity contribution in [3.8, 4) is 0 Å². The quantitative estimate of drug-likeness (QED) is 0.826. The van der Waals surface area contributed by atoms with Gasteiger partial charge in [0.05, 0.1) is 0 Å². The van der Waals surface area contributed by atoms with Crippen LogP contribution in [-0.4, -0.2) is 36.1 Å². The summed E-state index contributed by atoms with van der Waals surface area (Å²) in [6.45, 7) is 14.5. The molecule has 1 aliphatic carbocycles. The van der Waals surface area contributed by atoms with Gasteiger partial charge in [-0.2, -0.15) is 0 Å². The molecule has 1 aliphatic heterocycles. The van der Waals surface area contributed by atoms with Crippen molar-refractivity contribution in [1.29, 1.82) is 0 Å². The molecular weight excluding hydrogens is 220 g/mol. The first-order valence-electron chi connectivity index (χ1n) is 7.95. The summed E-state index contributed by atoms with van der Waals surface area (Å²) in [6.07, 6.45) is 5.38. The lowest BCUT2D eigenvalue weighted by Crippen LogP contribution is -2.52. The monoisotopic (exact) mass is 252 g/mol. The average Bonchev–Trinajstić information content (AvgIpc) is 2.76. The topological polar surface area (TPSA) is 15.3 Å². The van der Waals surface area contributed by atoms with E-state index in [9.17, 15) is 0 Å². The van der Waals surface area contributed by atoms with Crippen molar-refractivity contribution in [3.63, 3.8) is 0 Å². The second-order valence-corrected chi connectivity index (χ2v) is 7.41. The summed E-state index contributed by atoms with van der Waals surface area (Å²) < 4.78 is 0. The zero-order valence-electron chi connectivity index (χ0n) is 13.0. The van der Waals surface area contributed by atoms with E-state index < -0.39 is 0 Å². The molecule has 2 aliphatic rings. The molecule has 0 aromatic heterocycles. The number of nitrogens with zero attached hydrogens (tertiary/aromatic N) is 1. The molecule has 1 N–H and O–H groups in total. The maximum absolute atomic E-state index is 3.84. The third-order valence-electron chi connectivity index (χ3n) is 5.18. The summed E-state index contributed by atoms with van der Waals surface area (Å²) in [5, 5.41) is 3.84. The Kier molecular flexibility index (Phi) is 4.38. The first kappa shape index (κ1) is 14.3. The van der Waals surface area contributed by atoms with E-state index in [-0.39, 0.29) is 0 Å². The van der Waals surface area contributed by atoms with Crippen molar-refractivity contribution in [2.45, 2.75) is 78.4 Å². The van der Waals surface area contributed by atoms with Gasteiger partial charge in [0.25, 0.3) is 0 Å². The molecule has 0 bridgehead atoms. The first-order valence-corrected chi connectivity index (χ1v) is 7.95. The number of rotatable bonds is 4. The molecule has 2 rings (SSSR count). The van der Waals surface area contributed by atoms with E-state index in [0.717, 1.165) is 18.0 Å². The normalized spacial score (nSPS) is 40.5. The number of nitrogens with one attached hydrogen (secondary N) is 1. The highest BCUT2D eigenvalue weighted by atomic mass is 15.2. The maximum Gasteiger partial charge on any atom is 0.0274 e. The summed E-state index contributed by atoms with van der Waals surface area (Å²) in [5.41, 5.74) is 0.464. The largest absolute Gasteiger partial charge is 0.312 e. The van der Waals surface area contributed by atoms with Crippen LogP contribution in [0.25, 0.3) is 0 Å². The molecule has 1 saturated heterocycles.